The van der Waals surface area contributed by atoms with Gasteiger partial charge in [0.25, 0.3) is 0 Å². The maximum Gasteiger partial charge on any atom is 0.102 e. The molecule has 0 radical (unpaired) electrons. The van der Waals surface area contributed by atoms with E-state index >= 15 is 0 Å². The zero-order valence-corrected chi connectivity index (χ0v) is 6.07. The fourth-order valence-corrected chi connectivity index (χ4v) is 0.600. The van der Waals surface area contributed by atoms with Crippen molar-refractivity contribution in [3.63, 3.8) is 0 Å². The zero-order valence-electron chi connectivity index (χ0n) is 6.07. The Morgan fingerprint density at radius 1 is 1.50 bits per heavy atom. The second-order valence-corrected chi connectivity index (χ2v) is 1.90. The van der Waals surface area contributed by atoms with Crippen molar-refractivity contribution in [3.8, 4) is 0 Å². The fraction of sp³-hybridized carbons (Fsp3) is 0.286. The van der Waals surface area contributed by atoms with Crippen molar-refractivity contribution >= 4 is 5.71 Å². The van der Waals surface area contributed by atoms with Crippen LogP contribution in [0.1, 0.15) is 12.6 Å². The van der Waals surface area contributed by atoms with Crippen LogP contribution in [0.5, 0.6) is 0 Å². The monoisotopic (exact) mass is 135 g/mol. The van der Waals surface area contributed by atoms with E-state index in [1.807, 2.05) is 6.92 Å². The SMILES string of the molecule is CN=C(C)c1cnccn1. The van der Waals surface area contributed by atoms with Gasteiger partial charge in [-0.15, -0.1) is 0 Å². The van der Waals surface area contributed by atoms with Crippen LogP contribution in [0.4, 0.5) is 0 Å². The van der Waals surface area contributed by atoms with E-state index in [1.54, 1.807) is 25.6 Å². The molecule has 0 fully saturated rings. The largest absolute Gasteiger partial charge is 0.291 e. The summed E-state index contributed by atoms with van der Waals surface area (Å²) in [5.41, 5.74) is 1.75. The quantitative estimate of drug-likeness (QED) is 0.537. The summed E-state index contributed by atoms with van der Waals surface area (Å²) in [6, 6.07) is 0. The summed E-state index contributed by atoms with van der Waals surface area (Å²) >= 11 is 0. The van der Waals surface area contributed by atoms with Crippen molar-refractivity contribution in [2.75, 3.05) is 7.05 Å². The van der Waals surface area contributed by atoms with Gasteiger partial charge in [0.1, 0.15) is 5.69 Å². The molecule has 3 nitrogen and oxygen atoms in total. The molecule has 0 aliphatic heterocycles. The molecule has 52 valence electrons. The highest BCUT2D eigenvalue weighted by molar-refractivity contribution is 5.96. The van der Waals surface area contributed by atoms with Crippen LogP contribution in [0.25, 0.3) is 0 Å². The molecule has 0 aliphatic rings. The standard InChI is InChI=1S/C7H9N3/c1-6(8-2)7-5-9-3-4-10-7/h3-5H,1-2H3. The van der Waals surface area contributed by atoms with Gasteiger partial charge < -0.3 is 0 Å². The first kappa shape index (κ1) is 6.86. The fourth-order valence-electron chi connectivity index (χ4n) is 0.600. The molecule has 0 unspecified atom stereocenters. The van der Waals surface area contributed by atoms with Crippen LogP contribution in [0.3, 0.4) is 0 Å². The lowest BCUT2D eigenvalue weighted by Gasteiger charge is -1.93. The van der Waals surface area contributed by atoms with E-state index in [0.717, 1.165) is 11.4 Å². The van der Waals surface area contributed by atoms with E-state index in [4.69, 9.17) is 0 Å². The lowest BCUT2D eigenvalue weighted by Crippen LogP contribution is -1.97. The molecule has 0 bridgehead atoms. The second-order valence-electron chi connectivity index (χ2n) is 1.90. The van der Waals surface area contributed by atoms with E-state index in [-0.39, 0.29) is 0 Å². The Hall–Kier alpha value is -1.25. The molecule has 0 aliphatic carbocycles. The Morgan fingerprint density at radius 3 is 2.80 bits per heavy atom. The first-order chi connectivity index (χ1) is 4.84. The molecule has 1 aromatic heterocycles. The van der Waals surface area contributed by atoms with E-state index in [0.29, 0.717) is 0 Å². The predicted octanol–water partition coefficient (Wildman–Crippen LogP) is 0.915. The van der Waals surface area contributed by atoms with Crippen molar-refractivity contribution in [1.82, 2.24) is 9.97 Å². The lowest BCUT2D eigenvalue weighted by molar-refractivity contribution is 1.17. The molecule has 1 aromatic rings. The number of aromatic nitrogens is 2. The number of nitrogens with zero attached hydrogens (tertiary/aromatic N) is 3. The van der Waals surface area contributed by atoms with E-state index < -0.39 is 0 Å². The average molecular weight is 135 g/mol. The third-order valence-electron chi connectivity index (χ3n) is 1.27. The average Bonchev–Trinajstić information content (AvgIpc) is 2.05. The maximum absolute atomic E-state index is 4.06. The Kier molecular flexibility index (Phi) is 2.10. The summed E-state index contributed by atoms with van der Waals surface area (Å²) in [6.45, 7) is 1.91. The summed E-state index contributed by atoms with van der Waals surface area (Å²) in [7, 11) is 1.74. The Labute approximate surface area is 59.9 Å². The van der Waals surface area contributed by atoms with Gasteiger partial charge in [-0.2, -0.15) is 0 Å². The molecule has 0 N–H and O–H groups in total. The maximum atomic E-state index is 4.06. The molecule has 0 spiro atoms. The van der Waals surface area contributed by atoms with Crippen LogP contribution in [0.15, 0.2) is 23.6 Å². The summed E-state index contributed by atoms with van der Waals surface area (Å²) in [6.07, 6.45) is 5.00. The number of rotatable bonds is 1. The van der Waals surface area contributed by atoms with E-state index in [1.165, 1.54) is 0 Å². The van der Waals surface area contributed by atoms with Crippen LogP contribution < -0.4 is 0 Å². The van der Waals surface area contributed by atoms with E-state index in [2.05, 4.69) is 15.0 Å². The summed E-state index contributed by atoms with van der Waals surface area (Å²) < 4.78 is 0. The van der Waals surface area contributed by atoms with Gasteiger partial charge in [0, 0.05) is 19.4 Å². The van der Waals surface area contributed by atoms with Crippen molar-refractivity contribution in [3.05, 3.63) is 24.3 Å². The topological polar surface area (TPSA) is 38.1 Å². The minimum Gasteiger partial charge on any atom is -0.291 e. The highest BCUT2D eigenvalue weighted by atomic mass is 14.8. The smallest absolute Gasteiger partial charge is 0.102 e. The van der Waals surface area contributed by atoms with Crippen LogP contribution in [0, 0.1) is 0 Å². The molecule has 0 saturated carbocycles. The van der Waals surface area contributed by atoms with Gasteiger partial charge in [0.2, 0.25) is 0 Å². The third kappa shape index (κ3) is 1.37. The summed E-state index contributed by atoms with van der Waals surface area (Å²) in [5.74, 6) is 0. The van der Waals surface area contributed by atoms with Gasteiger partial charge in [-0.25, -0.2) is 0 Å². The molecule has 3 heteroatoms. The number of aliphatic imine (C=N–C) groups is 1. The van der Waals surface area contributed by atoms with Crippen LogP contribution >= 0.6 is 0 Å². The Balaban J connectivity index is 2.96. The number of hydrogen-bond donors (Lipinski definition) is 0. The molecule has 0 atom stereocenters. The van der Waals surface area contributed by atoms with Gasteiger partial charge in [-0.1, -0.05) is 0 Å². The predicted molar refractivity (Wildman–Crippen MR) is 40.2 cm³/mol. The van der Waals surface area contributed by atoms with Crippen molar-refractivity contribution in [1.29, 1.82) is 0 Å². The third-order valence-corrected chi connectivity index (χ3v) is 1.27. The first-order valence-electron chi connectivity index (χ1n) is 3.04. The van der Waals surface area contributed by atoms with Crippen molar-refractivity contribution in [2.24, 2.45) is 4.99 Å². The molecular formula is C7H9N3. The van der Waals surface area contributed by atoms with Crippen LogP contribution in [-0.2, 0) is 0 Å². The highest BCUT2D eigenvalue weighted by Crippen LogP contribution is 1.91. The molecule has 1 rings (SSSR count). The summed E-state index contributed by atoms with van der Waals surface area (Å²) in [5, 5.41) is 0. The normalized spacial score (nSPS) is 11.6. The molecule has 0 amide bonds. The van der Waals surface area contributed by atoms with Crippen LogP contribution in [-0.4, -0.2) is 22.7 Å². The highest BCUT2D eigenvalue weighted by Gasteiger charge is 1.93. The van der Waals surface area contributed by atoms with Crippen molar-refractivity contribution < 1.29 is 0 Å². The molecule has 10 heavy (non-hydrogen) atoms. The lowest BCUT2D eigenvalue weighted by atomic mass is 10.3. The van der Waals surface area contributed by atoms with Crippen LogP contribution in [0.2, 0.25) is 0 Å². The molecule has 1 heterocycles. The number of hydrogen-bond acceptors (Lipinski definition) is 3. The van der Waals surface area contributed by atoms with Gasteiger partial charge in [-0.3, -0.25) is 15.0 Å². The van der Waals surface area contributed by atoms with Gasteiger partial charge in [-0.05, 0) is 6.92 Å². The zero-order chi connectivity index (χ0) is 7.40. The summed E-state index contributed by atoms with van der Waals surface area (Å²) in [4.78, 5) is 11.9. The first-order valence-corrected chi connectivity index (χ1v) is 3.04. The minimum atomic E-state index is 0.838. The Morgan fingerprint density at radius 2 is 2.30 bits per heavy atom. The van der Waals surface area contributed by atoms with E-state index in [9.17, 15) is 0 Å². The van der Waals surface area contributed by atoms with Gasteiger partial charge in [0.05, 0.1) is 11.9 Å². The Bertz CT molecular complexity index is 228. The van der Waals surface area contributed by atoms with Crippen molar-refractivity contribution in [2.45, 2.75) is 6.92 Å². The minimum absolute atomic E-state index is 0.838. The molecule has 0 aromatic carbocycles. The molecular weight excluding hydrogens is 126 g/mol. The second kappa shape index (κ2) is 3.06. The molecule has 0 saturated heterocycles. The van der Waals surface area contributed by atoms with Gasteiger partial charge >= 0.3 is 0 Å². The van der Waals surface area contributed by atoms with Gasteiger partial charge in [0.15, 0.2) is 0 Å².